The van der Waals surface area contributed by atoms with Crippen molar-refractivity contribution in [2.75, 3.05) is 45.8 Å². The first-order valence-electron chi connectivity index (χ1n) is 10.8. The number of nitrogens with one attached hydrogen (secondary N) is 2. The number of hydrogen-bond acceptors (Lipinski definition) is 4. The SMILES string of the molecule is CCNC(=NCc1ccc(CC)s1)NCCN1CCN(C(=O)C2CCC2)CC1. The van der Waals surface area contributed by atoms with E-state index in [-0.39, 0.29) is 0 Å². The average Bonchev–Trinajstić information content (AvgIpc) is 3.13. The molecule has 6 nitrogen and oxygen atoms in total. The summed E-state index contributed by atoms with van der Waals surface area (Å²) >= 11 is 1.85. The van der Waals surface area contributed by atoms with Crippen LogP contribution in [0.3, 0.4) is 0 Å². The smallest absolute Gasteiger partial charge is 0.225 e. The van der Waals surface area contributed by atoms with Gasteiger partial charge in [-0.25, -0.2) is 4.99 Å². The molecule has 0 unspecified atom stereocenters. The minimum atomic E-state index is 0.323. The second-order valence-corrected chi connectivity index (χ2v) is 8.89. The lowest BCUT2D eigenvalue weighted by molar-refractivity contribution is -0.139. The second-order valence-electron chi connectivity index (χ2n) is 7.64. The average molecular weight is 406 g/mol. The maximum Gasteiger partial charge on any atom is 0.225 e. The van der Waals surface area contributed by atoms with Crippen LogP contribution in [0.2, 0.25) is 0 Å². The van der Waals surface area contributed by atoms with Crippen molar-refractivity contribution < 1.29 is 4.79 Å². The number of piperazine rings is 1. The lowest BCUT2D eigenvalue weighted by atomic mass is 9.84. The van der Waals surface area contributed by atoms with Gasteiger partial charge >= 0.3 is 0 Å². The summed E-state index contributed by atoms with van der Waals surface area (Å²) in [5.41, 5.74) is 0. The zero-order chi connectivity index (χ0) is 19.8. The Bertz CT molecular complexity index is 647. The van der Waals surface area contributed by atoms with Gasteiger partial charge in [0.05, 0.1) is 6.54 Å². The highest BCUT2D eigenvalue weighted by molar-refractivity contribution is 7.11. The van der Waals surface area contributed by atoms with Gasteiger partial charge in [-0.15, -0.1) is 11.3 Å². The number of carbonyl (C=O) groups excluding carboxylic acids is 1. The first-order chi connectivity index (χ1) is 13.7. The fraction of sp³-hybridized carbons (Fsp3) is 0.714. The molecule has 2 N–H and O–H groups in total. The molecule has 1 saturated heterocycles. The Morgan fingerprint density at radius 2 is 1.89 bits per heavy atom. The van der Waals surface area contributed by atoms with E-state index in [1.165, 1.54) is 16.2 Å². The maximum absolute atomic E-state index is 12.3. The standard InChI is InChI=1S/C21H35N5OS/c1-3-18-8-9-19(28-18)16-24-21(22-4-2)23-10-11-25-12-14-26(15-13-25)20(27)17-6-5-7-17/h8-9,17H,3-7,10-16H2,1-2H3,(H2,22,23,24). The molecule has 0 radical (unpaired) electrons. The Balaban J connectivity index is 1.37. The number of guanidine groups is 1. The van der Waals surface area contributed by atoms with Crippen molar-refractivity contribution in [2.45, 2.75) is 46.1 Å². The predicted molar refractivity (Wildman–Crippen MR) is 117 cm³/mol. The third kappa shape index (κ3) is 5.95. The van der Waals surface area contributed by atoms with Crippen LogP contribution in [0, 0.1) is 5.92 Å². The van der Waals surface area contributed by atoms with Crippen molar-refractivity contribution in [3.05, 3.63) is 21.9 Å². The van der Waals surface area contributed by atoms with Crippen LogP contribution in [-0.4, -0.2) is 67.5 Å². The van der Waals surface area contributed by atoms with Crippen LogP contribution in [0.1, 0.15) is 42.9 Å². The van der Waals surface area contributed by atoms with Gasteiger partial charge in [0.15, 0.2) is 5.96 Å². The molecule has 2 heterocycles. The fourth-order valence-corrected chi connectivity index (χ4v) is 4.52. The third-order valence-corrected chi connectivity index (χ3v) is 6.88. The molecular formula is C21H35N5OS. The quantitative estimate of drug-likeness (QED) is 0.515. The molecule has 156 valence electrons. The van der Waals surface area contributed by atoms with E-state index in [1.54, 1.807) is 0 Å². The van der Waals surface area contributed by atoms with E-state index in [2.05, 4.69) is 46.4 Å². The van der Waals surface area contributed by atoms with E-state index in [9.17, 15) is 4.79 Å². The van der Waals surface area contributed by atoms with Crippen LogP contribution in [0.5, 0.6) is 0 Å². The molecule has 1 saturated carbocycles. The monoisotopic (exact) mass is 405 g/mol. The first kappa shape index (κ1) is 21.1. The highest BCUT2D eigenvalue weighted by Gasteiger charge is 2.30. The Hall–Kier alpha value is -1.60. The number of aryl methyl sites for hydroxylation is 1. The van der Waals surface area contributed by atoms with Crippen molar-refractivity contribution in [1.82, 2.24) is 20.4 Å². The molecule has 0 bridgehead atoms. The summed E-state index contributed by atoms with van der Waals surface area (Å²) in [4.78, 5) is 24.3. The molecule has 0 atom stereocenters. The molecule has 0 aromatic carbocycles. The van der Waals surface area contributed by atoms with Gasteiger partial charge in [0.25, 0.3) is 0 Å². The van der Waals surface area contributed by atoms with Gasteiger partial charge in [-0.05, 0) is 38.3 Å². The second kappa shape index (κ2) is 10.8. The lowest BCUT2D eigenvalue weighted by Gasteiger charge is -2.38. The fourth-order valence-electron chi connectivity index (χ4n) is 3.63. The summed E-state index contributed by atoms with van der Waals surface area (Å²) in [6.07, 6.45) is 4.51. The minimum absolute atomic E-state index is 0.323. The van der Waals surface area contributed by atoms with Crippen LogP contribution >= 0.6 is 11.3 Å². The van der Waals surface area contributed by atoms with E-state index >= 15 is 0 Å². The number of aliphatic imine (C=N–C) groups is 1. The van der Waals surface area contributed by atoms with Crippen LogP contribution in [0.4, 0.5) is 0 Å². The Kier molecular flexibility index (Phi) is 8.15. The molecular weight excluding hydrogens is 370 g/mol. The number of amides is 1. The molecule has 1 aromatic rings. The molecule has 28 heavy (non-hydrogen) atoms. The summed E-state index contributed by atoms with van der Waals surface area (Å²) in [6.45, 7) is 11.4. The Labute approximate surface area is 173 Å². The maximum atomic E-state index is 12.3. The zero-order valence-corrected chi connectivity index (χ0v) is 18.2. The highest BCUT2D eigenvalue weighted by Crippen LogP contribution is 2.28. The van der Waals surface area contributed by atoms with Crippen LogP contribution in [0.25, 0.3) is 0 Å². The molecule has 1 aliphatic carbocycles. The third-order valence-electron chi connectivity index (χ3n) is 5.66. The van der Waals surface area contributed by atoms with Gasteiger partial charge in [-0.1, -0.05) is 13.3 Å². The lowest BCUT2D eigenvalue weighted by Crippen LogP contribution is -2.52. The van der Waals surface area contributed by atoms with E-state index in [0.29, 0.717) is 11.8 Å². The molecule has 7 heteroatoms. The minimum Gasteiger partial charge on any atom is -0.357 e. The summed E-state index contributed by atoms with van der Waals surface area (Å²) < 4.78 is 0. The highest BCUT2D eigenvalue weighted by atomic mass is 32.1. The normalized spacial score (nSPS) is 18.8. The van der Waals surface area contributed by atoms with Gasteiger partial charge in [-0.2, -0.15) is 0 Å². The zero-order valence-electron chi connectivity index (χ0n) is 17.4. The number of nitrogens with zero attached hydrogens (tertiary/aromatic N) is 3. The Morgan fingerprint density at radius 3 is 2.50 bits per heavy atom. The van der Waals surface area contributed by atoms with Gasteiger partial charge < -0.3 is 15.5 Å². The van der Waals surface area contributed by atoms with Gasteiger partial charge in [0.1, 0.15) is 0 Å². The Morgan fingerprint density at radius 1 is 1.14 bits per heavy atom. The van der Waals surface area contributed by atoms with Gasteiger partial charge in [0, 0.05) is 61.5 Å². The molecule has 2 aliphatic rings. The van der Waals surface area contributed by atoms with E-state index in [0.717, 1.165) is 77.6 Å². The van der Waals surface area contributed by atoms with Crippen LogP contribution < -0.4 is 10.6 Å². The predicted octanol–water partition coefficient (Wildman–Crippen LogP) is 2.31. The van der Waals surface area contributed by atoms with Crippen LogP contribution in [-0.2, 0) is 17.8 Å². The van der Waals surface area contributed by atoms with Gasteiger partial charge in [-0.3, -0.25) is 9.69 Å². The molecule has 1 amide bonds. The van der Waals surface area contributed by atoms with Crippen LogP contribution in [0.15, 0.2) is 17.1 Å². The van der Waals surface area contributed by atoms with Crippen molar-refractivity contribution >= 4 is 23.2 Å². The number of carbonyl (C=O) groups is 1. The molecule has 0 spiro atoms. The summed E-state index contributed by atoms with van der Waals surface area (Å²) in [7, 11) is 0. The molecule has 1 aromatic heterocycles. The molecule has 2 fully saturated rings. The first-order valence-corrected chi connectivity index (χ1v) is 11.6. The summed E-state index contributed by atoms with van der Waals surface area (Å²) in [5.74, 6) is 1.60. The number of rotatable bonds is 8. The van der Waals surface area contributed by atoms with E-state index in [4.69, 9.17) is 4.99 Å². The van der Waals surface area contributed by atoms with E-state index in [1.807, 2.05) is 11.3 Å². The molecule has 1 aliphatic heterocycles. The summed E-state index contributed by atoms with van der Waals surface area (Å²) in [6, 6.07) is 4.38. The number of thiophene rings is 1. The van der Waals surface area contributed by atoms with Crippen molar-refractivity contribution in [2.24, 2.45) is 10.9 Å². The van der Waals surface area contributed by atoms with Gasteiger partial charge in [0.2, 0.25) is 5.91 Å². The summed E-state index contributed by atoms with van der Waals surface area (Å²) in [5, 5.41) is 6.78. The van der Waals surface area contributed by atoms with Crippen molar-refractivity contribution in [1.29, 1.82) is 0 Å². The largest absolute Gasteiger partial charge is 0.357 e. The topological polar surface area (TPSA) is 60.0 Å². The number of hydrogen-bond donors (Lipinski definition) is 2. The van der Waals surface area contributed by atoms with E-state index < -0.39 is 0 Å². The molecule has 3 rings (SSSR count). The van der Waals surface area contributed by atoms with Crippen molar-refractivity contribution in [3.8, 4) is 0 Å². The van der Waals surface area contributed by atoms with Crippen molar-refractivity contribution in [3.63, 3.8) is 0 Å².